The minimum atomic E-state index is -3.85. The number of hydrogen-bond acceptors (Lipinski definition) is 10. The Morgan fingerprint density at radius 3 is 1.35 bits per heavy atom. The maximum absolute atomic E-state index is 7.23. The Morgan fingerprint density at radius 2 is 0.902 bits per heavy atom. The Balaban J connectivity index is 1.54. The summed E-state index contributed by atoms with van der Waals surface area (Å²) in [5.74, 6) is 3.16. The van der Waals surface area contributed by atoms with Gasteiger partial charge in [-0.3, -0.25) is 0 Å². The van der Waals surface area contributed by atoms with Gasteiger partial charge < -0.3 is 33.5 Å². The van der Waals surface area contributed by atoms with E-state index in [4.69, 9.17) is 38.0 Å². The average molecular weight is 738 g/mol. The van der Waals surface area contributed by atoms with Gasteiger partial charge in [0.2, 0.25) is 0 Å². The Bertz CT molecular complexity index is 1960. The van der Waals surface area contributed by atoms with Crippen molar-refractivity contribution in [3.05, 3.63) is 182 Å². The Hall–Kier alpha value is -4.91. The fourth-order valence-electron chi connectivity index (χ4n) is 4.99. The van der Waals surface area contributed by atoms with Crippen LogP contribution < -0.4 is 33.5 Å². The van der Waals surface area contributed by atoms with Crippen LogP contribution in [0.4, 0.5) is 0 Å². The Labute approximate surface area is 299 Å². The first kappa shape index (κ1) is 34.5. The van der Waals surface area contributed by atoms with Crippen LogP contribution in [0, 0.1) is 0 Å². The molecule has 2 N–H and O–H groups in total. The van der Waals surface area contributed by atoms with Crippen molar-refractivity contribution in [1.82, 2.24) is 9.21 Å². The lowest BCUT2D eigenvalue weighted by molar-refractivity contribution is 0.0446. The molecule has 2 atom stereocenters. The molecule has 51 heavy (non-hydrogen) atoms. The minimum absolute atomic E-state index is 0.176. The maximum Gasteiger partial charge on any atom is 0.478 e. The number of nitrogens with zero attached hydrogens (tertiary/aromatic N) is 3. The van der Waals surface area contributed by atoms with Crippen molar-refractivity contribution in [2.45, 2.75) is 0 Å². The summed E-state index contributed by atoms with van der Waals surface area (Å²) in [5.41, 5.74) is 6.55. The molecule has 0 saturated heterocycles. The first-order valence-electron chi connectivity index (χ1n) is 16.2. The number of hydrogen-bond donors (Lipinski definition) is 1. The number of rotatable bonds is 14. The van der Waals surface area contributed by atoms with Gasteiger partial charge in [0.1, 0.15) is 28.0 Å². The molecule has 258 valence electrons. The topological polar surface area (TPSA) is 100 Å². The molecule has 0 aliphatic carbocycles. The summed E-state index contributed by atoms with van der Waals surface area (Å²) in [6.45, 7) is 0.176. The van der Waals surface area contributed by atoms with Crippen molar-refractivity contribution in [2.75, 3.05) is 12.7 Å². The molecule has 2 unspecified atom stereocenters. The molecular weight excluding hydrogens is 701 g/mol. The molecule has 1 aliphatic rings. The van der Waals surface area contributed by atoms with Gasteiger partial charge in [-0.25, -0.2) is 0 Å². The largest absolute Gasteiger partial charge is 0.478 e. The van der Waals surface area contributed by atoms with E-state index in [9.17, 15) is 0 Å². The molecule has 7 rings (SSSR count). The predicted octanol–water partition coefficient (Wildman–Crippen LogP) is 10.8. The third-order valence-electron chi connectivity index (χ3n) is 7.23. The van der Waals surface area contributed by atoms with Gasteiger partial charge in [0, 0.05) is 6.54 Å². The average Bonchev–Trinajstić information content (AvgIpc) is 3.17. The fourth-order valence-corrected chi connectivity index (χ4v) is 15.1. The summed E-state index contributed by atoms with van der Waals surface area (Å²) in [4.78, 5) is 13.8. The van der Waals surface area contributed by atoms with Crippen LogP contribution in [0.3, 0.4) is 0 Å². The molecule has 13 heteroatoms. The second-order valence-corrected chi connectivity index (χ2v) is 17.7. The maximum atomic E-state index is 7.23. The van der Waals surface area contributed by atoms with E-state index in [1.807, 2.05) is 182 Å². The van der Waals surface area contributed by atoms with Gasteiger partial charge in [-0.1, -0.05) is 109 Å². The van der Waals surface area contributed by atoms with E-state index in [2.05, 4.69) is 0 Å². The predicted molar refractivity (Wildman–Crippen MR) is 203 cm³/mol. The Kier molecular flexibility index (Phi) is 11.1. The van der Waals surface area contributed by atoms with Crippen LogP contribution in [-0.4, -0.2) is 21.9 Å². The number of benzene rings is 6. The first-order chi connectivity index (χ1) is 25.2. The van der Waals surface area contributed by atoms with Gasteiger partial charge in [0.15, 0.2) is 21.9 Å². The molecule has 0 fully saturated rings. The number of para-hydroxylation sites is 6. The van der Waals surface area contributed by atoms with Crippen molar-refractivity contribution in [1.29, 1.82) is 0 Å². The lowest BCUT2D eigenvalue weighted by Gasteiger charge is -2.44. The highest BCUT2D eigenvalue weighted by molar-refractivity contribution is 7.86. The van der Waals surface area contributed by atoms with E-state index in [1.54, 1.807) is 9.21 Å². The summed E-state index contributed by atoms with van der Waals surface area (Å²) < 4.78 is 36.8. The lowest BCUT2D eigenvalue weighted by Crippen LogP contribution is -2.45. The third kappa shape index (κ3) is 8.19. The second-order valence-electron chi connectivity index (χ2n) is 10.9. The molecule has 0 radical (unpaired) electrons. The van der Waals surface area contributed by atoms with E-state index in [1.165, 1.54) is 0 Å². The van der Waals surface area contributed by atoms with Gasteiger partial charge in [0.25, 0.3) is 0 Å². The molecule has 0 bridgehead atoms. The second kappa shape index (κ2) is 16.4. The third-order valence-corrected chi connectivity index (χ3v) is 16.3. The van der Waals surface area contributed by atoms with Crippen LogP contribution in [0.1, 0.15) is 0 Å². The molecule has 0 saturated carbocycles. The van der Waals surface area contributed by atoms with Crippen molar-refractivity contribution in [3.63, 3.8) is 0 Å². The van der Waals surface area contributed by atoms with Gasteiger partial charge in [-0.15, -0.1) is 4.52 Å². The van der Waals surface area contributed by atoms with Crippen LogP contribution in [0.5, 0.6) is 34.5 Å². The minimum Gasteiger partial charge on any atom is -0.435 e. The van der Waals surface area contributed by atoms with E-state index >= 15 is 0 Å². The zero-order valence-electron chi connectivity index (χ0n) is 27.4. The van der Waals surface area contributed by atoms with E-state index in [0.29, 0.717) is 34.5 Å². The SMILES string of the molecule is NCC[P+]1(Oc2ccccc2)N(Oc2ccccc2)P(Oc2ccccc2)N=P(Oc2ccccc2)(Oc2ccccc2)N1Oc1ccccc1. The molecular formula is C38H36N4O6P3+. The quantitative estimate of drug-likeness (QED) is 0.109. The van der Waals surface area contributed by atoms with Crippen LogP contribution in [-0.2, 0) is 0 Å². The molecule has 1 heterocycles. The van der Waals surface area contributed by atoms with Gasteiger partial charge in [-0.05, 0) is 72.8 Å². The van der Waals surface area contributed by atoms with E-state index < -0.39 is 23.9 Å². The summed E-state index contributed by atoms with van der Waals surface area (Å²) >= 11 is 0. The van der Waals surface area contributed by atoms with Crippen molar-refractivity contribution in [2.24, 2.45) is 10.2 Å². The van der Waals surface area contributed by atoms with Crippen LogP contribution in [0.25, 0.3) is 0 Å². The normalized spacial score (nSPS) is 18.5. The molecule has 6 aromatic carbocycles. The zero-order chi connectivity index (χ0) is 34.8. The summed E-state index contributed by atoms with van der Waals surface area (Å²) in [7, 11) is -9.52. The van der Waals surface area contributed by atoms with Gasteiger partial charge in [-0.2, -0.15) is 0 Å². The highest BCUT2D eigenvalue weighted by atomic mass is 31.3. The monoisotopic (exact) mass is 737 g/mol. The van der Waals surface area contributed by atoms with Crippen molar-refractivity contribution < 1.29 is 27.8 Å². The van der Waals surface area contributed by atoms with Crippen molar-refractivity contribution in [3.8, 4) is 34.5 Å². The molecule has 6 aromatic rings. The zero-order valence-corrected chi connectivity index (χ0v) is 30.1. The molecule has 1 aliphatic heterocycles. The van der Waals surface area contributed by atoms with Crippen molar-refractivity contribution >= 4 is 23.9 Å². The molecule has 0 aromatic heterocycles. The Morgan fingerprint density at radius 1 is 0.510 bits per heavy atom. The van der Waals surface area contributed by atoms with E-state index in [-0.39, 0.29) is 12.7 Å². The smallest absolute Gasteiger partial charge is 0.435 e. The van der Waals surface area contributed by atoms with Gasteiger partial charge in [0.05, 0.1) is 0 Å². The molecule has 10 nitrogen and oxygen atoms in total. The summed E-state index contributed by atoms with van der Waals surface area (Å²) in [5, 5.41) is 0. The summed E-state index contributed by atoms with van der Waals surface area (Å²) in [6, 6.07) is 56.5. The lowest BCUT2D eigenvalue weighted by atomic mass is 10.3. The molecule has 0 spiro atoms. The standard InChI is InChI=1S/C38H36N4O6P3/c39-31-32-50(46-36-25-13-4-14-26-36)41(43-33-19-7-1-8-20-33)49(45-35-23-11-3-12-24-35)40-51(47-37-27-15-5-16-28-37,48-38-29-17-6-18-30-38)42(50)44-34-21-9-2-10-22-34/h1-30H,31-32,39H2/q+1. The van der Waals surface area contributed by atoms with Gasteiger partial charge >= 0.3 is 23.9 Å². The van der Waals surface area contributed by atoms with Crippen LogP contribution >= 0.6 is 23.9 Å². The first-order valence-corrected chi connectivity index (χ1v) is 20.7. The van der Waals surface area contributed by atoms with E-state index in [0.717, 1.165) is 0 Å². The van der Waals surface area contributed by atoms with Crippen LogP contribution in [0.2, 0.25) is 0 Å². The number of nitrogens with two attached hydrogens (primary N) is 1. The summed E-state index contributed by atoms with van der Waals surface area (Å²) in [6.07, 6.45) is 0.228. The highest BCUT2D eigenvalue weighted by Gasteiger charge is 2.75. The highest BCUT2D eigenvalue weighted by Crippen LogP contribution is 2.85. The molecule has 0 amide bonds. The van der Waals surface area contributed by atoms with Crippen LogP contribution in [0.15, 0.2) is 187 Å². The fraction of sp³-hybridized carbons (Fsp3) is 0.0526.